The Bertz CT molecular complexity index is 956. The monoisotopic (exact) mass is 429 g/mol. The Balaban J connectivity index is 1.56. The van der Waals surface area contributed by atoms with Gasteiger partial charge in [0.25, 0.3) is 17.1 Å². The molecule has 2 aromatic carbocycles. The number of hydrogen-bond donors (Lipinski definition) is 1. The van der Waals surface area contributed by atoms with Crippen molar-refractivity contribution >= 4 is 52.2 Å². The SMILES string of the molecule is CN(C)c1ccc(C(=O)NCCN2C(=O)S/C(=C\c3ccc(Cl)cc3)C2=O)cc1. The molecule has 1 aliphatic rings. The van der Waals surface area contributed by atoms with Crippen LogP contribution in [-0.4, -0.2) is 49.1 Å². The van der Waals surface area contributed by atoms with Gasteiger partial charge >= 0.3 is 0 Å². The van der Waals surface area contributed by atoms with Crippen molar-refractivity contribution in [2.45, 2.75) is 0 Å². The summed E-state index contributed by atoms with van der Waals surface area (Å²) in [7, 11) is 3.85. The molecule has 3 amide bonds. The second kappa shape index (κ2) is 9.15. The fraction of sp³-hybridized carbons (Fsp3) is 0.190. The van der Waals surface area contributed by atoms with E-state index in [-0.39, 0.29) is 30.1 Å². The predicted molar refractivity (Wildman–Crippen MR) is 117 cm³/mol. The van der Waals surface area contributed by atoms with Gasteiger partial charge in [-0.1, -0.05) is 23.7 Å². The van der Waals surface area contributed by atoms with Gasteiger partial charge in [0.15, 0.2) is 0 Å². The number of halogens is 1. The molecule has 1 aliphatic heterocycles. The van der Waals surface area contributed by atoms with Crippen molar-refractivity contribution in [3.63, 3.8) is 0 Å². The van der Waals surface area contributed by atoms with Gasteiger partial charge in [-0.25, -0.2) is 0 Å². The Morgan fingerprint density at radius 2 is 1.76 bits per heavy atom. The molecule has 0 aromatic heterocycles. The molecule has 0 radical (unpaired) electrons. The highest BCUT2D eigenvalue weighted by molar-refractivity contribution is 8.18. The first-order valence-corrected chi connectivity index (χ1v) is 10.1. The third-order valence-electron chi connectivity index (χ3n) is 4.31. The largest absolute Gasteiger partial charge is 0.378 e. The highest BCUT2D eigenvalue weighted by Crippen LogP contribution is 2.32. The summed E-state index contributed by atoms with van der Waals surface area (Å²) < 4.78 is 0. The van der Waals surface area contributed by atoms with Gasteiger partial charge in [0.05, 0.1) is 4.91 Å². The second-order valence-electron chi connectivity index (χ2n) is 6.58. The van der Waals surface area contributed by atoms with Gasteiger partial charge < -0.3 is 10.2 Å². The summed E-state index contributed by atoms with van der Waals surface area (Å²) in [6, 6.07) is 14.2. The number of anilines is 1. The Hall–Kier alpha value is -2.77. The molecule has 29 heavy (non-hydrogen) atoms. The van der Waals surface area contributed by atoms with Crippen LogP contribution in [0.4, 0.5) is 10.5 Å². The quantitative estimate of drug-likeness (QED) is 0.706. The van der Waals surface area contributed by atoms with E-state index in [0.29, 0.717) is 15.5 Å². The van der Waals surface area contributed by atoms with E-state index < -0.39 is 0 Å². The average molecular weight is 430 g/mol. The van der Waals surface area contributed by atoms with Gasteiger partial charge in [0.1, 0.15) is 0 Å². The number of carbonyl (C=O) groups excluding carboxylic acids is 3. The normalized spacial score (nSPS) is 15.1. The Labute approximate surface area is 178 Å². The molecule has 0 unspecified atom stereocenters. The molecule has 6 nitrogen and oxygen atoms in total. The van der Waals surface area contributed by atoms with Crippen LogP contribution in [0.25, 0.3) is 6.08 Å². The van der Waals surface area contributed by atoms with E-state index in [2.05, 4.69) is 5.32 Å². The summed E-state index contributed by atoms with van der Waals surface area (Å²) in [6.45, 7) is 0.296. The molecule has 0 atom stereocenters. The van der Waals surface area contributed by atoms with E-state index >= 15 is 0 Å². The topological polar surface area (TPSA) is 69.7 Å². The van der Waals surface area contributed by atoms with Crippen LogP contribution in [0.3, 0.4) is 0 Å². The number of carbonyl (C=O) groups is 3. The summed E-state index contributed by atoms with van der Waals surface area (Å²) in [5.41, 5.74) is 2.30. The van der Waals surface area contributed by atoms with Crippen molar-refractivity contribution in [1.29, 1.82) is 0 Å². The molecule has 1 heterocycles. The molecular weight excluding hydrogens is 410 g/mol. The molecule has 0 saturated carbocycles. The minimum Gasteiger partial charge on any atom is -0.378 e. The van der Waals surface area contributed by atoms with Crippen molar-refractivity contribution in [2.75, 3.05) is 32.1 Å². The Morgan fingerprint density at radius 1 is 1.10 bits per heavy atom. The zero-order valence-electron chi connectivity index (χ0n) is 16.0. The lowest BCUT2D eigenvalue weighted by molar-refractivity contribution is -0.122. The summed E-state index contributed by atoms with van der Waals surface area (Å²) in [5.74, 6) is -0.612. The minimum atomic E-state index is -0.362. The van der Waals surface area contributed by atoms with E-state index in [1.165, 1.54) is 0 Å². The van der Waals surface area contributed by atoms with Crippen LogP contribution in [-0.2, 0) is 4.79 Å². The van der Waals surface area contributed by atoms with Gasteiger partial charge in [0, 0.05) is 43.5 Å². The van der Waals surface area contributed by atoms with Crippen LogP contribution in [0, 0.1) is 0 Å². The number of amides is 3. The average Bonchev–Trinajstić information content (AvgIpc) is 2.97. The molecule has 0 spiro atoms. The van der Waals surface area contributed by atoms with E-state index in [1.54, 1.807) is 42.5 Å². The molecule has 2 aromatic rings. The number of hydrogen-bond acceptors (Lipinski definition) is 5. The minimum absolute atomic E-state index is 0.115. The fourth-order valence-corrected chi connectivity index (χ4v) is 3.69. The lowest BCUT2D eigenvalue weighted by Crippen LogP contribution is -2.37. The highest BCUT2D eigenvalue weighted by atomic mass is 35.5. The molecule has 0 aliphatic carbocycles. The summed E-state index contributed by atoms with van der Waals surface area (Å²) in [5, 5.41) is 3.00. The lowest BCUT2D eigenvalue weighted by atomic mass is 10.2. The van der Waals surface area contributed by atoms with Gasteiger partial charge in [-0.15, -0.1) is 0 Å². The van der Waals surface area contributed by atoms with Gasteiger partial charge in [-0.3, -0.25) is 19.3 Å². The zero-order chi connectivity index (χ0) is 21.0. The second-order valence-corrected chi connectivity index (χ2v) is 8.01. The maximum Gasteiger partial charge on any atom is 0.293 e. The van der Waals surface area contributed by atoms with Gasteiger partial charge in [-0.05, 0) is 59.8 Å². The van der Waals surface area contributed by atoms with Crippen LogP contribution in [0.5, 0.6) is 0 Å². The molecule has 3 rings (SSSR count). The zero-order valence-corrected chi connectivity index (χ0v) is 17.6. The van der Waals surface area contributed by atoms with E-state index in [1.807, 2.05) is 31.1 Å². The van der Waals surface area contributed by atoms with Crippen molar-refractivity contribution in [3.8, 4) is 0 Å². The Kier molecular flexibility index (Phi) is 6.61. The smallest absolute Gasteiger partial charge is 0.293 e. The first kappa shape index (κ1) is 21.0. The summed E-state index contributed by atoms with van der Waals surface area (Å²) >= 11 is 6.75. The summed E-state index contributed by atoms with van der Waals surface area (Å²) in [6.07, 6.45) is 1.66. The van der Waals surface area contributed by atoms with Crippen molar-refractivity contribution in [1.82, 2.24) is 10.2 Å². The van der Waals surface area contributed by atoms with E-state index in [4.69, 9.17) is 11.6 Å². The van der Waals surface area contributed by atoms with Gasteiger partial charge in [0.2, 0.25) is 0 Å². The first-order chi connectivity index (χ1) is 13.8. The van der Waals surface area contributed by atoms with Crippen LogP contribution in [0.1, 0.15) is 15.9 Å². The molecule has 0 bridgehead atoms. The Morgan fingerprint density at radius 3 is 2.38 bits per heavy atom. The molecule has 1 saturated heterocycles. The third kappa shape index (κ3) is 5.19. The number of imide groups is 1. The van der Waals surface area contributed by atoms with Crippen molar-refractivity contribution in [2.24, 2.45) is 0 Å². The lowest BCUT2D eigenvalue weighted by Gasteiger charge is -2.14. The van der Waals surface area contributed by atoms with Gasteiger partial charge in [-0.2, -0.15) is 0 Å². The fourth-order valence-electron chi connectivity index (χ4n) is 2.70. The summed E-state index contributed by atoms with van der Waals surface area (Å²) in [4.78, 5) is 40.4. The molecule has 150 valence electrons. The number of thioether (sulfide) groups is 1. The van der Waals surface area contributed by atoms with Crippen molar-refractivity contribution in [3.05, 3.63) is 69.6 Å². The molecular formula is C21H20ClN3O3S. The van der Waals surface area contributed by atoms with Crippen LogP contribution < -0.4 is 10.2 Å². The maximum atomic E-state index is 12.5. The van der Waals surface area contributed by atoms with Crippen LogP contribution in [0.2, 0.25) is 5.02 Å². The number of benzene rings is 2. The molecule has 8 heteroatoms. The molecule has 1 fully saturated rings. The predicted octanol–water partition coefficient (Wildman–Crippen LogP) is 3.87. The highest BCUT2D eigenvalue weighted by Gasteiger charge is 2.34. The third-order valence-corrected chi connectivity index (χ3v) is 5.47. The van der Waals surface area contributed by atoms with Crippen molar-refractivity contribution < 1.29 is 14.4 Å². The number of nitrogens with zero attached hydrogens (tertiary/aromatic N) is 2. The number of nitrogens with one attached hydrogen (secondary N) is 1. The van der Waals surface area contributed by atoms with Crippen LogP contribution in [0.15, 0.2) is 53.4 Å². The van der Waals surface area contributed by atoms with Crippen LogP contribution >= 0.6 is 23.4 Å². The standard InChI is InChI=1S/C21H20ClN3O3S/c1-24(2)17-9-5-15(6-10-17)19(26)23-11-12-25-20(27)18(29-21(25)28)13-14-3-7-16(22)8-4-14/h3-10,13H,11-12H2,1-2H3,(H,23,26)/b18-13-. The number of rotatable bonds is 6. The first-order valence-electron chi connectivity index (χ1n) is 8.91. The van der Waals surface area contributed by atoms with E-state index in [9.17, 15) is 14.4 Å². The maximum absolute atomic E-state index is 12.5. The van der Waals surface area contributed by atoms with E-state index in [0.717, 1.165) is 27.9 Å². The molecule has 1 N–H and O–H groups in total.